The monoisotopic (exact) mass is 568 g/mol. The van der Waals surface area contributed by atoms with Crippen LogP contribution >= 0.6 is 7.75 Å². The molecule has 4 aromatic rings. The molecule has 1 fully saturated rings. The van der Waals surface area contributed by atoms with E-state index >= 15 is 0 Å². The molecular weight excluding hydrogens is 543 g/mol. The molecule has 208 valence electrons. The number of nitriles is 1. The number of nitrogens with two attached hydrogens (primary N) is 1. The number of carboxylic acid groups (broad SMARTS) is 1. The van der Waals surface area contributed by atoms with Crippen LogP contribution in [0, 0.1) is 11.3 Å². The second kappa shape index (κ2) is 10.5. The molecule has 0 amide bonds. The number of fused-ring (bicyclic) bond motifs is 2. The van der Waals surface area contributed by atoms with Gasteiger partial charge >= 0.3 is 13.7 Å². The highest BCUT2D eigenvalue weighted by molar-refractivity contribution is 7.52. The van der Waals surface area contributed by atoms with Crippen molar-refractivity contribution in [1.29, 1.82) is 5.26 Å². The first kappa shape index (κ1) is 27.5. The Balaban J connectivity index is 1.45. The number of hydrogen-bond acceptors (Lipinski definition) is 11. The maximum atomic E-state index is 13.9. The molecule has 5 rings (SSSR count). The van der Waals surface area contributed by atoms with Crippen LogP contribution in [0.1, 0.15) is 18.7 Å². The molecule has 2 aromatic heterocycles. The van der Waals surface area contributed by atoms with Crippen molar-refractivity contribution >= 4 is 35.8 Å². The van der Waals surface area contributed by atoms with Gasteiger partial charge in [0.2, 0.25) is 5.60 Å². The van der Waals surface area contributed by atoms with E-state index in [0.29, 0.717) is 10.9 Å². The van der Waals surface area contributed by atoms with Gasteiger partial charge in [-0.05, 0) is 30.5 Å². The standard InChI is InChI=1S/C25H25N6O8P/c1-14(24(34)35)30-40(36,39-19-8-4-6-15-5-2-3-7-16(15)19)37-12-25(11-26)22(33)20(32)21(38-25)17-9-10-18-23(27)28-13-29-31(17)18/h2-10,13-14,20-22,32-33H,12H2,1H3,(H,30,36)(H,34,35)(H2,27,28,29)/t14-,20-,21-,22-,25+,40?/m0/s1. The molecule has 0 spiro atoms. The fraction of sp³-hybridized carbons (Fsp3) is 0.280. The summed E-state index contributed by atoms with van der Waals surface area (Å²) in [4.78, 5) is 15.5. The van der Waals surface area contributed by atoms with E-state index in [-0.39, 0.29) is 17.3 Å². The zero-order valence-corrected chi connectivity index (χ0v) is 21.9. The minimum atomic E-state index is -4.53. The van der Waals surface area contributed by atoms with Crippen LogP contribution in [0.4, 0.5) is 5.82 Å². The van der Waals surface area contributed by atoms with Crippen LogP contribution in [-0.4, -0.2) is 66.3 Å². The predicted molar refractivity (Wildman–Crippen MR) is 140 cm³/mol. The Kier molecular flexibility index (Phi) is 7.19. The largest absolute Gasteiger partial charge is 0.480 e. The molecule has 0 aliphatic carbocycles. The predicted octanol–water partition coefficient (Wildman–Crippen LogP) is 1.79. The third-order valence-corrected chi connectivity index (χ3v) is 8.19. The molecule has 1 aliphatic rings. The minimum Gasteiger partial charge on any atom is -0.480 e. The van der Waals surface area contributed by atoms with Crippen LogP contribution in [0.5, 0.6) is 5.75 Å². The topological polar surface area (TPSA) is 215 Å². The number of nitrogens with one attached hydrogen (secondary N) is 1. The molecule has 0 saturated carbocycles. The molecule has 0 bridgehead atoms. The molecule has 1 aliphatic heterocycles. The van der Waals surface area contributed by atoms with Crippen LogP contribution in [-0.2, 0) is 18.6 Å². The summed E-state index contributed by atoms with van der Waals surface area (Å²) in [6, 6.07) is 15.6. The first-order valence-electron chi connectivity index (χ1n) is 12.0. The van der Waals surface area contributed by atoms with Crippen LogP contribution in [0.15, 0.2) is 60.9 Å². The lowest BCUT2D eigenvalue weighted by Crippen LogP contribution is -2.46. The number of rotatable bonds is 9. The number of aromatic nitrogens is 3. The summed E-state index contributed by atoms with van der Waals surface area (Å²) in [6.07, 6.45) is -3.52. The number of hydrogen-bond donors (Lipinski definition) is 5. The molecule has 1 unspecified atom stereocenters. The molecule has 0 radical (unpaired) electrons. The second-order valence-electron chi connectivity index (χ2n) is 9.20. The Morgan fingerprint density at radius 3 is 2.77 bits per heavy atom. The molecule has 40 heavy (non-hydrogen) atoms. The van der Waals surface area contributed by atoms with Crippen molar-refractivity contribution in [1.82, 2.24) is 19.7 Å². The smallest absolute Gasteiger partial charge is 0.459 e. The van der Waals surface area contributed by atoms with Gasteiger partial charge in [-0.1, -0.05) is 36.4 Å². The van der Waals surface area contributed by atoms with E-state index in [9.17, 15) is 29.9 Å². The highest BCUT2D eigenvalue weighted by Crippen LogP contribution is 2.49. The van der Waals surface area contributed by atoms with Crippen molar-refractivity contribution in [3.63, 3.8) is 0 Å². The van der Waals surface area contributed by atoms with E-state index in [1.54, 1.807) is 54.6 Å². The lowest BCUT2D eigenvalue weighted by molar-refractivity contribution is -0.138. The van der Waals surface area contributed by atoms with Gasteiger partial charge in [-0.25, -0.2) is 14.1 Å². The van der Waals surface area contributed by atoms with E-state index < -0.39 is 50.3 Å². The lowest BCUT2D eigenvalue weighted by atomic mass is 9.96. The van der Waals surface area contributed by atoms with E-state index in [0.717, 1.165) is 5.39 Å². The van der Waals surface area contributed by atoms with Crippen molar-refractivity contribution in [2.75, 3.05) is 12.3 Å². The quantitative estimate of drug-likeness (QED) is 0.182. The van der Waals surface area contributed by atoms with Crippen molar-refractivity contribution in [3.8, 4) is 11.8 Å². The number of nitrogen functional groups attached to an aromatic ring is 1. The Morgan fingerprint density at radius 1 is 1.27 bits per heavy atom. The zero-order valence-electron chi connectivity index (χ0n) is 21.0. The number of ether oxygens (including phenoxy) is 1. The molecule has 6 atom stereocenters. The average molecular weight is 568 g/mol. The van der Waals surface area contributed by atoms with E-state index in [1.165, 1.54) is 23.8 Å². The molecule has 2 aromatic carbocycles. The minimum absolute atomic E-state index is 0.125. The number of aliphatic carboxylic acids is 1. The zero-order chi connectivity index (χ0) is 28.7. The summed E-state index contributed by atoms with van der Waals surface area (Å²) in [7, 11) is -4.53. The number of benzene rings is 2. The fourth-order valence-electron chi connectivity index (χ4n) is 4.44. The third kappa shape index (κ3) is 4.86. The van der Waals surface area contributed by atoms with Gasteiger partial charge in [-0.15, -0.1) is 0 Å². The fourth-order valence-corrected chi connectivity index (χ4v) is 5.99. The van der Waals surface area contributed by atoms with Gasteiger partial charge in [0, 0.05) is 5.39 Å². The normalized spacial score (nSPS) is 24.9. The number of anilines is 1. The Hall–Kier alpha value is -4.09. The molecule has 15 heteroatoms. The van der Waals surface area contributed by atoms with Crippen molar-refractivity contribution in [2.45, 2.75) is 36.9 Å². The number of carbonyl (C=O) groups is 1. The van der Waals surface area contributed by atoms with Gasteiger partial charge in [-0.3, -0.25) is 9.32 Å². The molecule has 3 heterocycles. The summed E-state index contributed by atoms with van der Waals surface area (Å²) in [5, 5.41) is 49.0. The van der Waals surface area contributed by atoms with Crippen LogP contribution in [0.3, 0.4) is 0 Å². The van der Waals surface area contributed by atoms with E-state index in [4.69, 9.17) is 19.5 Å². The summed E-state index contributed by atoms with van der Waals surface area (Å²) < 4.78 is 32.4. The van der Waals surface area contributed by atoms with Crippen LogP contribution in [0.25, 0.3) is 16.3 Å². The summed E-state index contributed by atoms with van der Waals surface area (Å²) >= 11 is 0. The molecule has 1 saturated heterocycles. The highest BCUT2D eigenvalue weighted by Gasteiger charge is 2.57. The first-order chi connectivity index (χ1) is 19.1. The summed E-state index contributed by atoms with van der Waals surface area (Å²) in [5.41, 5.74) is 4.32. The van der Waals surface area contributed by atoms with Gasteiger partial charge in [0.1, 0.15) is 54.6 Å². The number of nitrogens with zero attached hydrogens (tertiary/aromatic N) is 4. The van der Waals surface area contributed by atoms with Gasteiger partial charge in [0.15, 0.2) is 5.82 Å². The van der Waals surface area contributed by atoms with Gasteiger partial charge < -0.3 is 30.3 Å². The van der Waals surface area contributed by atoms with Gasteiger partial charge in [0.05, 0.1) is 5.69 Å². The Labute approximate surface area is 227 Å². The third-order valence-electron chi connectivity index (χ3n) is 6.58. The second-order valence-corrected chi connectivity index (χ2v) is 10.9. The van der Waals surface area contributed by atoms with E-state index in [2.05, 4.69) is 15.2 Å². The van der Waals surface area contributed by atoms with Crippen molar-refractivity contribution < 1.29 is 38.5 Å². The Morgan fingerprint density at radius 2 is 2.02 bits per heavy atom. The Bertz CT molecular complexity index is 1670. The van der Waals surface area contributed by atoms with Gasteiger partial charge in [-0.2, -0.15) is 15.4 Å². The maximum absolute atomic E-state index is 13.9. The van der Waals surface area contributed by atoms with Crippen molar-refractivity contribution in [3.05, 3.63) is 66.6 Å². The summed E-state index contributed by atoms with van der Waals surface area (Å²) in [5.74, 6) is -1.05. The van der Waals surface area contributed by atoms with Crippen molar-refractivity contribution in [2.24, 2.45) is 0 Å². The number of aliphatic hydroxyl groups is 2. The molecular formula is C25H25N6O8P. The van der Waals surface area contributed by atoms with Gasteiger partial charge in [0.25, 0.3) is 0 Å². The van der Waals surface area contributed by atoms with Crippen LogP contribution in [0.2, 0.25) is 0 Å². The molecule has 6 N–H and O–H groups in total. The average Bonchev–Trinajstić information content (AvgIpc) is 3.48. The summed E-state index contributed by atoms with van der Waals surface area (Å²) in [6.45, 7) is 0.372. The molecule has 14 nitrogen and oxygen atoms in total. The number of aliphatic hydroxyl groups excluding tert-OH is 2. The lowest BCUT2D eigenvalue weighted by Gasteiger charge is -2.28. The van der Waals surface area contributed by atoms with E-state index in [1.807, 2.05) is 0 Å². The van der Waals surface area contributed by atoms with Crippen LogP contribution < -0.4 is 15.3 Å². The maximum Gasteiger partial charge on any atom is 0.459 e. The highest BCUT2D eigenvalue weighted by atomic mass is 31.2. The first-order valence-corrected chi connectivity index (χ1v) is 13.6. The SMILES string of the molecule is C[C@H](NP(=O)(OC[C@@]1(C#N)O[C@@H](c2ccc3c(N)ncnn23)[C@H](O)[C@@H]1O)Oc1cccc2ccccc12)C(=O)O. The number of carboxylic acids is 1.